The third-order valence-electron chi connectivity index (χ3n) is 0.993. The molecule has 2 N–H and O–H groups in total. The fourth-order valence-corrected chi connectivity index (χ4v) is 0.678. The highest BCUT2D eigenvalue weighted by Crippen LogP contribution is 2.00. The Labute approximate surface area is 68.3 Å². The molecule has 0 aromatic rings. The van der Waals surface area contributed by atoms with Crippen LogP contribution in [0, 0.1) is 5.92 Å². The van der Waals surface area contributed by atoms with E-state index in [1.165, 1.54) is 0 Å². The molecule has 1 atom stereocenters. The van der Waals surface area contributed by atoms with E-state index in [1.807, 2.05) is 0 Å². The largest absolute Gasteiger partial charge is 0.383 e. The predicted octanol–water partition coefficient (Wildman–Crippen LogP) is 0.470. The van der Waals surface area contributed by atoms with Crippen molar-refractivity contribution in [3.63, 3.8) is 0 Å². The summed E-state index contributed by atoms with van der Waals surface area (Å²) in [4.78, 5) is 10.6. The molecule has 0 rings (SSSR count). The van der Waals surface area contributed by atoms with Gasteiger partial charge >= 0.3 is 0 Å². The Morgan fingerprint density at radius 1 is 1.67 bits per heavy atom. The predicted molar refractivity (Wildman–Crippen MR) is 43.0 cm³/mol. The van der Waals surface area contributed by atoms with E-state index in [9.17, 15) is 4.79 Å². The number of rotatable bonds is 2. The smallest absolute Gasteiger partial charge is 0.257 e. The third-order valence-corrected chi connectivity index (χ3v) is 1.52. The van der Waals surface area contributed by atoms with E-state index in [-0.39, 0.29) is 11.8 Å². The van der Waals surface area contributed by atoms with E-state index >= 15 is 0 Å². The fraction of sp³-hybridized carbons (Fsp3) is 0.800. The van der Waals surface area contributed by atoms with Crippen LogP contribution in [-0.4, -0.2) is 17.1 Å². The SMILES string of the molecule is CC(C)[C@@H](O)C(=O)NI. The monoisotopic (exact) mass is 243 g/mol. The lowest BCUT2D eigenvalue weighted by atomic mass is 10.1. The molecular formula is C5H10INO2. The van der Waals surface area contributed by atoms with Crippen LogP contribution in [0.3, 0.4) is 0 Å². The second-order valence-electron chi connectivity index (χ2n) is 2.15. The topological polar surface area (TPSA) is 49.3 Å². The van der Waals surface area contributed by atoms with Crippen LogP contribution >= 0.6 is 22.9 Å². The molecule has 0 aliphatic heterocycles. The van der Waals surface area contributed by atoms with Gasteiger partial charge in [-0.3, -0.25) is 8.32 Å². The Bertz CT molecular complexity index is 105. The van der Waals surface area contributed by atoms with Gasteiger partial charge in [0.2, 0.25) is 0 Å². The van der Waals surface area contributed by atoms with Gasteiger partial charge in [0.25, 0.3) is 5.91 Å². The number of aliphatic hydroxyl groups excluding tert-OH is 1. The lowest BCUT2D eigenvalue weighted by Gasteiger charge is -2.10. The van der Waals surface area contributed by atoms with Crippen LogP contribution in [-0.2, 0) is 4.79 Å². The molecule has 1 amide bonds. The first-order valence-corrected chi connectivity index (χ1v) is 3.76. The molecule has 0 aliphatic rings. The maximum absolute atomic E-state index is 10.6. The number of carbonyl (C=O) groups is 1. The summed E-state index contributed by atoms with van der Waals surface area (Å²) in [7, 11) is 0. The summed E-state index contributed by atoms with van der Waals surface area (Å²) in [6.07, 6.45) is -0.873. The second-order valence-corrected chi connectivity index (χ2v) is 2.69. The third kappa shape index (κ3) is 3.00. The normalized spacial score (nSPS) is 13.4. The first kappa shape index (κ1) is 9.16. The Morgan fingerprint density at radius 3 is 2.22 bits per heavy atom. The van der Waals surface area contributed by atoms with Crippen molar-refractivity contribution in [1.29, 1.82) is 0 Å². The van der Waals surface area contributed by atoms with Crippen molar-refractivity contribution in [2.45, 2.75) is 20.0 Å². The van der Waals surface area contributed by atoms with Gasteiger partial charge in [0.1, 0.15) is 6.10 Å². The van der Waals surface area contributed by atoms with Crippen molar-refractivity contribution >= 4 is 28.8 Å². The lowest BCUT2D eigenvalue weighted by molar-refractivity contribution is -0.128. The Kier molecular flexibility index (Phi) is 4.12. The maximum Gasteiger partial charge on any atom is 0.257 e. The van der Waals surface area contributed by atoms with Crippen LogP contribution in [0.2, 0.25) is 0 Å². The van der Waals surface area contributed by atoms with Gasteiger partial charge in [-0.2, -0.15) is 0 Å². The molecule has 9 heavy (non-hydrogen) atoms. The second kappa shape index (κ2) is 4.05. The van der Waals surface area contributed by atoms with E-state index in [1.54, 1.807) is 36.7 Å². The zero-order chi connectivity index (χ0) is 7.44. The average molecular weight is 243 g/mol. The van der Waals surface area contributed by atoms with Gasteiger partial charge in [-0.25, -0.2) is 0 Å². The highest BCUT2D eigenvalue weighted by Gasteiger charge is 2.16. The summed E-state index contributed by atoms with van der Waals surface area (Å²) >= 11 is 1.70. The van der Waals surface area contributed by atoms with Crippen LogP contribution in [0.15, 0.2) is 0 Å². The minimum absolute atomic E-state index is 0.0141. The Hall–Kier alpha value is 0.160. The number of carbonyl (C=O) groups excluding carboxylic acids is 1. The lowest BCUT2D eigenvalue weighted by Crippen LogP contribution is -2.32. The fourth-order valence-electron chi connectivity index (χ4n) is 0.359. The Balaban J connectivity index is 3.72. The molecule has 0 aliphatic carbocycles. The molecule has 0 saturated carbocycles. The maximum atomic E-state index is 10.6. The molecule has 0 aromatic heterocycles. The highest BCUT2D eigenvalue weighted by molar-refractivity contribution is 14.1. The van der Waals surface area contributed by atoms with Crippen molar-refractivity contribution < 1.29 is 9.90 Å². The van der Waals surface area contributed by atoms with Gasteiger partial charge in [0.15, 0.2) is 0 Å². The minimum atomic E-state index is -0.873. The molecule has 0 heterocycles. The van der Waals surface area contributed by atoms with Gasteiger partial charge in [0.05, 0.1) is 22.9 Å². The van der Waals surface area contributed by atoms with Crippen molar-refractivity contribution in [3.05, 3.63) is 0 Å². The van der Waals surface area contributed by atoms with E-state index in [0.29, 0.717) is 0 Å². The molecule has 0 aromatic carbocycles. The quantitative estimate of drug-likeness (QED) is 0.547. The summed E-state index contributed by atoms with van der Waals surface area (Å²) < 4.78 is 2.33. The minimum Gasteiger partial charge on any atom is -0.383 e. The zero-order valence-electron chi connectivity index (χ0n) is 5.39. The molecule has 0 fully saturated rings. The number of halogens is 1. The molecule has 0 spiro atoms. The van der Waals surface area contributed by atoms with Gasteiger partial charge in [-0.05, 0) is 5.92 Å². The summed E-state index contributed by atoms with van der Waals surface area (Å²) in [6, 6.07) is 0. The molecule has 0 saturated heterocycles. The van der Waals surface area contributed by atoms with Crippen LogP contribution < -0.4 is 3.53 Å². The first-order valence-electron chi connectivity index (χ1n) is 2.68. The van der Waals surface area contributed by atoms with Crippen molar-refractivity contribution in [1.82, 2.24) is 3.53 Å². The van der Waals surface area contributed by atoms with Crippen molar-refractivity contribution in [3.8, 4) is 0 Å². The first-order chi connectivity index (χ1) is 4.09. The number of nitrogens with one attached hydrogen (secondary N) is 1. The summed E-state index contributed by atoms with van der Waals surface area (Å²) in [6.45, 7) is 3.58. The molecule has 4 heteroatoms. The molecule has 0 bridgehead atoms. The molecular weight excluding hydrogens is 233 g/mol. The highest BCUT2D eigenvalue weighted by atomic mass is 127. The molecule has 54 valence electrons. The van der Waals surface area contributed by atoms with Crippen molar-refractivity contribution in [2.24, 2.45) is 5.92 Å². The van der Waals surface area contributed by atoms with Crippen LogP contribution in [0.5, 0.6) is 0 Å². The zero-order valence-corrected chi connectivity index (χ0v) is 7.55. The Morgan fingerprint density at radius 2 is 2.11 bits per heavy atom. The standard InChI is InChI=1S/C5H10INO2/c1-3(2)4(8)5(9)7-6/h3-4,8H,1-2H3,(H,7,9)/t4-/m1/s1. The number of amides is 1. The number of hydrogen-bond donors (Lipinski definition) is 2. The van der Waals surface area contributed by atoms with Gasteiger partial charge in [-0.1, -0.05) is 13.8 Å². The molecule has 0 unspecified atom stereocenters. The molecule has 3 nitrogen and oxygen atoms in total. The average Bonchev–Trinajstić information content (AvgIpc) is 1.84. The van der Waals surface area contributed by atoms with E-state index < -0.39 is 6.10 Å². The molecule has 0 radical (unpaired) electrons. The van der Waals surface area contributed by atoms with Crippen LogP contribution in [0.4, 0.5) is 0 Å². The summed E-state index contributed by atoms with van der Waals surface area (Å²) in [5, 5.41) is 8.98. The summed E-state index contributed by atoms with van der Waals surface area (Å²) in [5.41, 5.74) is 0. The van der Waals surface area contributed by atoms with Gasteiger partial charge < -0.3 is 5.11 Å². The van der Waals surface area contributed by atoms with Crippen LogP contribution in [0.1, 0.15) is 13.8 Å². The number of aliphatic hydroxyl groups is 1. The van der Waals surface area contributed by atoms with E-state index in [2.05, 4.69) is 3.53 Å². The summed E-state index contributed by atoms with van der Waals surface area (Å²) in [5.74, 6) is -0.342. The van der Waals surface area contributed by atoms with E-state index in [0.717, 1.165) is 0 Å². The van der Waals surface area contributed by atoms with Crippen molar-refractivity contribution in [2.75, 3.05) is 0 Å². The van der Waals surface area contributed by atoms with E-state index in [4.69, 9.17) is 5.11 Å². The van der Waals surface area contributed by atoms with Gasteiger partial charge in [-0.15, -0.1) is 0 Å². The van der Waals surface area contributed by atoms with Crippen LogP contribution in [0.25, 0.3) is 0 Å². The van der Waals surface area contributed by atoms with Gasteiger partial charge in [0, 0.05) is 0 Å². The number of hydrogen-bond acceptors (Lipinski definition) is 2.